The maximum absolute atomic E-state index is 12.6. The molecule has 1 aromatic rings. The quantitative estimate of drug-likeness (QED) is 0.846. The average Bonchev–Trinajstić information content (AvgIpc) is 2.72. The third kappa shape index (κ3) is 1.96. The fourth-order valence-corrected chi connectivity index (χ4v) is 5.24. The first-order valence-corrected chi connectivity index (χ1v) is 8.28. The third-order valence-corrected chi connectivity index (χ3v) is 7.02. The maximum Gasteiger partial charge on any atom is 0.157 e. The van der Waals surface area contributed by atoms with Crippen LogP contribution >= 0.6 is 0 Å². The molecule has 1 heterocycles. The van der Waals surface area contributed by atoms with Gasteiger partial charge in [0.2, 0.25) is 0 Å². The summed E-state index contributed by atoms with van der Waals surface area (Å²) in [6.45, 7) is 2.57. The summed E-state index contributed by atoms with van der Waals surface area (Å²) in [5.74, 6) is 0.788. The molecule has 5 heteroatoms. The molecule has 3 rings (SSSR count). The molecule has 1 aliphatic heterocycles. The molecule has 1 saturated heterocycles. The van der Waals surface area contributed by atoms with Crippen LogP contribution in [0.25, 0.3) is 0 Å². The summed E-state index contributed by atoms with van der Waals surface area (Å²) < 4.78 is 30.4. The van der Waals surface area contributed by atoms with E-state index in [0.29, 0.717) is 12.8 Å². The Morgan fingerprint density at radius 1 is 1.37 bits per heavy atom. The Bertz CT molecular complexity index is 597. The van der Waals surface area contributed by atoms with Crippen LogP contribution in [0, 0.1) is 0 Å². The van der Waals surface area contributed by atoms with Crippen LogP contribution in [0.5, 0.6) is 5.75 Å². The lowest BCUT2D eigenvalue weighted by Gasteiger charge is -2.19. The van der Waals surface area contributed by atoms with Gasteiger partial charge in [-0.25, -0.2) is 8.42 Å². The molecule has 0 saturated carbocycles. The van der Waals surface area contributed by atoms with Crippen molar-refractivity contribution in [1.29, 1.82) is 0 Å². The Balaban J connectivity index is 2.06. The number of hydrogen-bond donors (Lipinski definition) is 1. The minimum absolute atomic E-state index is 0.0833. The number of nitrogens with one attached hydrogen (secondary N) is 1. The molecular weight excluding hydrogens is 262 g/mol. The molecule has 1 aromatic carbocycles. The van der Waals surface area contributed by atoms with Crippen molar-refractivity contribution in [3.05, 3.63) is 29.3 Å². The highest BCUT2D eigenvalue weighted by atomic mass is 32.2. The zero-order valence-corrected chi connectivity index (χ0v) is 12.0. The van der Waals surface area contributed by atoms with Crippen LogP contribution in [0.1, 0.15) is 30.5 Å². The van der Waals surface area contributed by atoms with Crippen LogP contribution in [0.15, 0.2) is 18.2 Å². The van der Waals surface area contributed by atoms with Gasteiger partial charge in [0.05, 0.1) is 17.6 Å². The largest absolute Gasteiger partial charge is 0.497 e. The Morgan fingerprint density at radius 3 is 2.89 bits per heavy atom. The minimum Gasteiger partial charge on any atom is -0.497 e. The second kappa shape index (κ2) is 4.49. The lowest BCUT2D eigenvalue weighted by Crippen LogP contribution is -2.34. The first-order valence-electron chi connectivity index (χ1n) is 6.67. The van der Waals surface area contributed by atoms with E-state index >= 15 is 0 Å². The zero-order valence-electron chi connectivity index (χ0n) is 11.2. The summed E-state index contributed by atoms with van der Waals surface area (Å²) in [4.78, 5) is 0. The number of sulfone groups is 1. The van der Waals surface area contributed by atoms with E-state index in [4.69, 9.17) is 4.74 Å². The number of benzene rings is 1. The number of rotatable bonds is 1. The SMILES string of the molecule is COc1ccc2c(c1)C1NCCC(C)S(=O)(=O)C1C2. The van der Waals surface area contributed by atoms with E-state index in [1.165, 1.54) is 0 Å². The van der Waals surface area contributed by atoms with Crippen LogP contribution in [0.2, 0.25) is 0 Å². The second-order valence-electron chi connectivity index (χ2n) is 5.43. The second-order valence-corrected chi connectivity index (χ2v) is 8.02. The van der Waals surface area contributed by atoms with Crippen LogP contribution < -0.4 is 10.1 Å². The van der Waals surface area contributed by atoms with Crippen LogP contribution in [0.4, 0.5) is 0 Å². The monoisotopic (exact) mass is 281 g/mol. The van der Waals surface area contributed by atoms with E-state index in [1.807, 2.05) is 25.1 Å². The van der Waals surface area contributed by atoms with E-state index in [0.717, 1.165) is 23.4 Å². The van der Waals surface area contributed by atoms with Crippen molar-refractivity contribution in [3.63, 3.8) is 0 Å². The van der Waals surface area contributed by atoms with Gasteiger partial charge in [-0.15, -0.1) is 0 Å². The standard InChI is InChI=1S/C14H19NO3S/c1-9-5-6-15-14-12-8-11(18-2)4-3-10(12)7-13(14)19(9,16)17/h3-4,8-9,13-15H,5-7H2,1-2H3. The predicted molar refractivity (Wildman–Crippen MR) is 74.2 cm³/mol. The Kier molecular flexibility index (Phi) is 3.06. The molecule has 1 fully saturated rings. The van der Waals surface area contributed by atoms with Crippen LogP contribution in [-0.4, -0.2) is 32.6 Å². The summed E-state index contributed by atoms with van der Waals surface area (Å²) in [5.41, 5.74) is 2.21. The van der Waals surface area contributed by atoms with Crippen LogP contribution in [0.3, 0.4) is 0 Å². The van der Waals surface area contributed by atoms with Gasteiger partial charge in [0, 0.05) is 6.04 Å². The smallest absolute Gasteiger partial charge is 0.157 e. The Hall–Kier alpha value is -1.07. The lowest BCUT2D eigenvalue weighted by molar-refractivity contribution is 0.413. The third-order valence-electron chi connectivity index (χ3n) is 4.38. The molecule has 19 heavy (non-hydrogen) atoms. The van der Waals surface area contributed by atoms with Crippen molar-refractivity contribution in [2.75, 3.05) is 13.7 Å². The highest BCUT2D eigenvalue weighted by Gasteiger charge is 2.44. The highest BCUT2D eigenvalue weighted by Crippen LogP contribution is 2.40. The van der Waals surface area contributed by atoms with Crippen molar-refractivity contribution in [1.82, 2.24) is 5.32 Å². The van der Waals surface area contributed by atoms with E-state index in [2.05, 4.69) is 5.32 Å². The Morgan fingerprint density at radius 2 is 2.16 bits per heavy atom. The molecule has 0 aromatic heterocycles. The number of hydrogen-bond acceptors (Lipinski definition) is 4. The van der Waals surface area contributed by atoms with Crippen molar-refractivity contribution in [3.8, 4) is 5.75 Å². The van der Waals surface area contributed by atoms with Gasteiger partial charge in [-0.1, -0.05) is 6.07 Å². The van der Waals surface area contributed by atoms with Crippen molar-refractivity contribution in [2.24, 2.45) is 0 Å². The molecule has 0 radical (unpaired) electrons. The molecule has 3 atom stereocenters. The fourth-order valence-electron chi connectivity index (χ4n) is 3.16. The molecule has 0 spiro atoms. The average molecular weight is 281 g/mol. The van der Waals surface area contributed by atoms with Gasteiger partial charge in [0.1, 0.15) is 5.75 Å². The number of ether oxygens (including phenoxy) is 1. The van der Waals surface area contributed by atoms with Gasteiger partial charge < -0.3 is 10.1 Å². The number of methoxy groups -OCH3 is 1. The molecule has 2 aliphatic rings. The molecule has 0 amide bonds. The van der Waals surface area contributed by atoms with Gasteiger partial charge in [-0.3, -0.25) is 0 Å². The number of fused-ring (bicyclic) bond motifs is 3. The molecule has 1 N–H and O–H groups in total. The molecular formula is C14H19NO3S. The first kappa shape index (κ1) is 12.9. The van der Waals surface area contributed by atoms with Gasteiger partial charge >= 0.3 is 0 Å². The summed E-state index contributed by atoms with van der Waals surface area (Å²) in [5, 5.41) is 2.82. The van der Waals surface area contributed by atoms with Gasteiger partial charge in [-0.2, -0.15) is 0 Å². The predicted octanol–water partition coefficient (Wildman–Crippen LogP) is 1.46. The minimum atomic E-state index is -3.07. The molecule has 0 bridgehead atoms. The van der Waals surface area contributed by atoms with Gasteiger partial charge in [0.15, 0.2) is 9.84 Å². The van der Waals surface area contributed by atoms with E-state index in [1.54, 1.807) is 7.11 Å². The summed E-state index contributed by atoms with van der Waals surface area (Å²) >= 11 is 0. The van der Waals surface area contributed by atoms with E-state index < -0.39 is 9.84 Å². The maximum atomic E-state index is 12.6. The molecule has 104 valence electrons. The van der Waals surface area contributed by atoms with E-state index in [-0.39, 0.29) is 16.5 Å². The normalized spacial score (nSPS) is 32.2. The molecule has 4 nitrogen and oxygen atoms in total. The van der Waals surface area contributed by atoms with Crippen LogP contribution in [-0.2, 0) is 16.3 Å². The first-order chi connectivity index (χ1) is 9.04. The summed E-state index contributed by atoms with van der Waals surface area (Å²) in [6.07, 6.45) is 1.30. The zero-order chi connectivity index (χ0) is 13.6. The molecule has 1 aliphatic carbocycles. The van der Waals surface area contributed by atoms with Crippen molar-refractivity contribution >= 4 is 9.84 Å². The summed E-state index contributed by atoms with van der Waals surface area (Å²) in [6, 6.07) is 5.78. The Labute approximate surface area is 114 Å². The van der Waals surface area contributed by atoms with Crippen molar-refractivity contribution < 1.29 is 13.2 Å². The lowest BCUT2D eigenvalue weighted by atomic mass is 10.1. The highest BCUT2D eigenvalue weighted by molar-refractivity contribution is 7.92. The fraction of sp³-hybridized carbons (Fsp3) is 0.571. The summed E-state index contributed by atoms with van der Waals surface area (Å²) in [7, 11) is -1.43. The van der Waals surface area contributed by atoms with Gasteiger partial charge in [-0.05, 0) is 49.6 Å². The van der Waals surface area contributed by atoms with E-state index in [9.17, 15) is 8.42 Å². The molecule has 3 unspecified atom stereocenters. The topological polar surface area (TPSA) is 55.4 Å². The van der Waals surface area contributed by atoms with Crippen molar-refractivity contribution in [2.45, 2.75) is 36.3 Å². The van der Waals surface area contributed by atoms with Gasteiger partial charge in [0.25, 0.3) is 0 Å².